The highest BCUT2D eigenvalue weighted by molar-refractivity contribution is 5.99. The fourth-order valence-electron chi connectivity index (χ4n) is 2.80. The van der Waals surface area contributed by atoms with E-state index < -0.39 is 17.9 Å². The average Bonchev–Trinajstić information content (AvgIpc) is 2.72. The Morgan fingerprint density at radius 1 is 1.17 bits per heavy atom. The number of nitrogens with one attached hydrogen (secondary N) is 2. The molecule has 0 fully saturated rings. The Morgan fingerprint density at radius 2 is 2.00 bits per heavy atom. The number of aryl methyl sites for hydroxylation is 1. The van der Waals surface area contributed by atoms with Gasteiger partial charge in [0.05, 0.1) is 24.7 Å². The minimum Gasteiger partial charge on any atom is -0.452 e. The van der Waals surface area contributed by atoms with Crippen molar-refractivity contribution < 1.29 is 18.7 Å². The van der Waals surface area contributed by atoms with Crippen LogP contribution in [0.3, 0.4) is 0 Å². The second kappa shape index (κ2) is 9.05. The number of benzene rings is 1. The van der Waals surface area contributed by atoms with Gasteiger partial charge in [0.1, 0.15) is 0 Å². The Labute approximate surface area is 168 Å². The number of rotatable bonds is 4. The fourth-order valence-corrected chi connectivity index (χ4v) is 2.80. The molecule has 29 heavy (non-hydrogen) atoms. The predicted octanol–water partition coefficient (Wildman–Crippen LogP) is 3.53. The number of pyridine rings is 1. The van der Waals surface area contributed by atoms with Gasteiger partial charge in [-0.2, -0.15) is 0 Å². The molecule has 0 aliphatic carbocycles. The number of carbonyl (C=O) groups is 2. The smallest absolute Gasteiger partial charge is 0.413 e. The van der Waals surface area contributed by atoms with E-state index >= 15 is 0 Å². The van der Waals surface area contributed by atoms with Crippen LogP contribution in [0.25, 0.3) is 0 Å². The molecule has 0 saturated heterocycles. The van der Waals surface area contributed by atoms with E-state index in [2.05, 4.69) is 20.4 Å². The lowest BCUT2D eigenvalue weighted by Crippen LogP contribution is -2.37. The maximum Gasteiger partial charge on any atom is 0.413 e. The summed E-state index contributed by atoms with van der Waals surface area (Å²) in [5.74, 6) is -0.506. The van der Waals surface area contributed by atoms with Crippen LogP contribution in [-0.2, 0) is 11.3 Å². The lowest BCUT2D eigenvalue weighted by atomic mass is 10.1. The highest BCUT2D eigenvalue weighted by Crippen LogP contribution is 2.21. The summed E-state index contributed by atoms with van der Waals surface area (Å²) in [4.78, 5) is 31.1. The van der Waals surface area contributed by atoms with Crippen molar-refractivity contribution in [2.75, 3.05) is 30.8 Å². The summed E-state index contributed by atoms with van der Waals surface area (Å²) in [5.41, 5.74) is 1.85. The molecule has 3 amide bonds. The van der Waals surface area contributed by atoms with E-state index in [4.69, 9.17) is 0 Å². The molecule has 3 rings (SSSR count). The van der Waals surface area contributed by atoms with Crippen molar-refractivity contribution in [2.24, 2.45) is 0 Å². The molecule has 1 aliphatic heterocycles. The van der Waals surface area contributed by atoms with Crippen molar-refractivity contribution in [1.29, 1.82) is 0 Å². The number of aromatic nitrogens is 1. The van der Waals surface area contributed by atoms with Gasteiger partial charge in [-0.3, -0.25) is 9.88 Å². The molecular weight excluding hydrogens is 377 g/mol. The standard InChI is InChI=1S/C20H22FN5O3/c1-14-6-7-16(12-22-14)23-19(27)24-17-5-3-4-15(18(17)21)13-25-8-10-26(11-9-25)20(28)29-2/h3-8,10,12H,9,11,13H2,1-2H3,(H2,23,24,27). The number of ether oxygens (including phenoxy) is 1. The van der Waals surface area contributed by atoms with Gasteiger partial charge in [-0.25, -0.2) is 14.0 Å². The first-order valence-corrected chi connectivity index (χ1v) is 9.01. The number of anilines is 2. The highest BCUT2D eigenvalue weighted by atomic mass is 19.1. The van der Waals surface area contributed by atoms with Crippen LogP contribution in [-0.4, -0.2) is 47.1 Å². The monoisotopic (exact) mass is 399 g/mol. The van der Waals surface area contributed by atoms with Crippen LogP contribution in [0.1, 0.15) is 11.3 Å². The maximum absolute atomic E-state index is 14.8. The van der Waals surface area contributed by atoms with Crippen LogP contribution in [0.15, 0.2) is 48.9 Å². The molecule has 0 radical (unpaired) electrons. The number of halogens is 1. The second-order valence-corrected chi connectivity index (χ2v) is 6.48. The van der Waals surface area contributed by atoms with Crippen LogP contribution < -0.4 is 10.6 Å². The largest absolute Gasteiger partial charge is 0.452 e. The van der Waals surface area contributed by atoms with E-state index in [0.717, 1.165) is 5.69 Å². The minimum atomic E-state index is -0.557. The summed E-state index contributed by atoms with van der Waals surface area (Å²) in [6.07, 6.45) is 4.39. The summed E-state index contributed by atoms with van der Waals surface area (Å²) >= 11 is 0. The summed E-state index contributed by atoms with van der Waals surface area (Å²) in [6.45, 7) is 3.12. The van der Waals surface area contributed by atoms with Crippen molar-refractivity contribution in [3.05, 3.63) is 66.0 Å². The van der Waals surface area contributed by atoms with Gasteiger partial charge in [-0.05, 0) is 25.1 Å². The Bertz CT molecular complexity index is 917. The van der Waals surface area contributed by atoms with Gasteiger partial charge < -0.3 is 20.3 Å². The van der Waals surface area contributed by atoms with E-state index in [1.165, 1.54) is 24.3 Å². The quantitative estimate of drug-likeness (QED) is 0.821. The third-order valence-corrected chi connectivity index (χ3v) is 4.36. The molecule has 0 unspecified atom stereocenters. The Kier molecular flexibility index (Phi) is 6.28. The molecule has 0 bridgehead atoms. The van der Waals surface area contributed by atoms with Gasteiger partial charge in [0.15, 0.2) is 5.82 Å². The molecule has 152 valence electrons. The summed E-state index contributed by atoms with van der Waals surface area (Å²) in [7, 11) is 1.32. The molecule has 2 heterocycles. The first kappa shape index (κ1) is 20.1. The van der Waals surface area contributed by atoms with Crippen LogP contribution in [0.5, 0.6) is 0 Å². The lowest BCUT2D eigenvalue weighted by molar-refractivity contribution is 0.131. The Hall–Kier alpha value is -3.62. The zero-order valence-electron chi connectivity index (χ0n) is 16.2. The second-order valence-electron chi connectivity index (χ2n) is 6.48. The molecule has 1 aromatic heterocycles. The predicted molar refractivity (Wildman–Crippen MR) is 107 cm³/mol. The molecule has 0 saturated carbocycles. The first-order chi connectivity index (χ1) is 14.0. The van der Waals surface area contributed by atoms with Gasteiger partial charge in [0, 0.05) is 43.3 Å². The Balaban J connectivity index is 1.63. The third-order valence-electron chi connectivity index (χ3n) is 4.36. The van der Waals surface area contributed by atoms with Gasteiger partial charge in [-0.15, -0.1) is 0 Å². The van der Waals surface area contributed by atoms with Crippen LogP contribution >= 0.6 is 0 Å². The SMILES string of the molecule is COC(=O)N1C=CN(Cc2cccc(NC(=O)Nc3ccc(C)nc3)c2F)CC1. The summed E-state index contributed by atoms with van der Waals surface area (Å²) in [6, 6.07) is 7.76. The van der Waals surface area contributed by atoms with Gasteiger partial charge in [0.2, 0.25) is 0 Å². The summed E-state index contributed by atoms with van der Waals surface area (Å²) < 4.78 is 19.5. The van der Waals surface area contributed by atoms with Crippen molar-refractivity contribution in [1.82, 2.24) is 14.8 Å². The van der Waals surface area contributed by atoms with Crippen molar-refractivity contribution in [3.63, 3.8) is 0 Å². The molecule has 8 nitrogen and oxygen atoms in total. The molecule has 9 heteroatoms. The molecular formula is C20H22FN5O3. The topological polar surface area (TPSA) is 86.8 Å². The number of hydrogen-bond acceptors (Lipinski definition) is 5. The molecule has 2 aromatic rings. The maximum atomic E-state index is 14.8. The molecule has 2 N–H and O–H groups in total. The number of carbonyl (C=O) groups excluding carboxylic acids is 2. The minimum absolute atomic E-state index is 0.0808. The van der Waals surface area contributed by atoms with Gasteiger partial charge in [-0.1, -0.05) is 12.1 Å². The number of amides is 3. The average molecular weight is 399 g/mol. The Morgan fingerprint density at radius 3 is 2.66 bits per heavy atom. The number of hydrogen-bond donors (Lipinski definition) is 2. The molecule has 0 atom stereocenters. The first-order valence-electron chi connectivity index (χ1n) is 9.01. The van der Waals surface area contributed by atoms with E-state index in [0.29, 0.717) is 30.9 Å². The number of methoxy groups -OCH3 is 1. The number of urea groups is 1. The van der Waals surface area contributed by atoms with Gasteiger partial charge >= 0.3 is 12.1 Å². The highest BCUT2D eigenvalue weighted by Gasteiger charge is 2.18. The van der Waals surface area contributed by atoms with Crippen molar-refractivity contribution in [2.45, 2.75) is 13.5 Å². The summed E-state index contributed by atoms with van der Waals surface area (Å²) in [5, 5.41) is 5.14. The number of nitrogens with zero attached hydrogens (tertiary/aromatic N) is 3. The van der Waals surface area contributed by atoms with E-state index in [-0.39, 0.29) is 5.69 Å². The van der Waals surface area contributed by atoms with E-state index in [1.807, 2.05) is 11.8 Å². The molecule has 1 aliphatic rings. The van der Waals surface area contributed by atoms with Crippen LogP contribution in [0, 0.1) is 12.7 Å². The van der Waals surface area contributed by atoms with Crippen molar-refractivity contribution in [3.8, 4) is 0 Å². The van der Waals surface area contributed by atoms with E-state index in [9.17, 15) is 14.0 Å². The fraction of sp³-hybridized carbons (Fsp3) is 0.250. The normalized spacial score (nSPS) is 13.2. The van der Waals surface area contributed by atoms with Crippen LogP contribution in [0.4, 0.5) is 25.4 Å². The molecule has 1 aromatic carbocycles. The lowest BCUT2D eigenvalue weighted by Gasteiger charge is -2.29. The zero-order chi connectivity index (χ0) is 20.8. The molecule has 0 spiro atoms. The van der Waals surface area contributed by atoms with E-state index in [1.54, 1.807) is 36.7 Å². The van der Waals surface area contributed by atoms with Crippen molar-refractivity contribution >= 4 is 23.5 Å². The van der Waals surface area contributed by atoms with Gasteiger partial charge in [0.25, 0.3) is 0 Å². The van der Waals surface area contributed by atoms with Crippen LogP contribution in [0.2, 0.25) is 0 Å². The zero-order valence-corrected chi connectivity index (χ0v) is 16.2. The third kappa shape index (κ3) is 5.22.